The van der Waals surface area contributed by atoms with Crippen LogP contribution in [0.2, 0.25) is 0 Å². The third kappa shape index (κ3) is 1.88. The van der Waals surface area contributed by atoms with E-state index in [2.05, 4.69) is 0 Å². The van der Waals surface area contributed by atoms with Crippen molar-refractivity contribution in [3.63, 3.8) is 0 Å². The van der Waals surface area contributed by atoms with Crippen LogP contribution in [0.5, 0.6) is 11.5 Å². The van der Waals surface area contributed by atoms with E-state index in [0.29, 0.717) is 5.75 Å². The molecular formula is C16H14O3. The fraction of sp³-hybridized carbons (Fsp3) is 0.125. The van der Waals surface area contributed by atoms with Crippen LogP contribution in [0.4, 0.5) is 0 Å². The molecule has 0 atom stereocenters. The summed E-state index contributed by atoms with van der Waals surface area (Å²) in [6.07, 6.45) is 0. The molecule has 96 valence electrons. The molecule has 0 heterocycles. The van der Waals surface area contributed by atoms with Crippen LogP contribution in [0.15, 0.2) is 48.5 Å². The zero-order chi connectivity index (χ0) is 13.2. The molecule has 0 bridgehead atoms. The van der Waals surface area contributed by atoms with E-state index < -0.39 is 0 Å². The number of aliphatic hydroxyl groups is 1. The molecule has 0 unspecified atom stereocenters. The van der Waals surface area contributed by atoms with Crippen molar-refractivity contribution in [3.05, 3.63) is 48.5 Å². The zero-order valence-corrected chi connectivity index (χ0v) is 10.3. The largest absolute Gasteiger partial charge is 0.507 e. The van der Waals surface area contributed by atoms with Gasteiger partial charge in [-0.25, -0.2) is 0 Å². The van der Waals surface area contributed by atoms with Crippen molar-refractivity contribution >= 4 is 21.5 Å². The smallest absolute Gasteiger partial charge is 0.135 e. The summed E-state index contributed by atoms with van der Waals surface area (Å²) in [7, 11) is 0. The molecule has 2 N–H and O–H groups in total. The molecule has 0 saturated carbocycles. The van der Waals surface area contributed by atoms with Gasteiger partial charge in [-0.2, -0.15) is 0 Å². The molecule has 3 aromatic carbocycles. The minimum absolute atomic E-state index is 0.0382. The Morgan fingerprint density at radius 1 is 0.789 bits per heavy atom. The number of phenolic OH excluding ortho intramolecular Hbond substituents is 1. The maximum Gasteiger partial charge on any atom is 0.135 e. The first-order valence-electron chi connectivity index (χ1n) is 6.19. The molecule has 0 aliphatic heterocycles. The number of aliphatic hydroxyl groups excluding tert-OH is 1. The first-order chi connectivity index (χ1) is 9.33. The van der Waals surface area contributed by atoms with E-state index in [1.54, 1.807) is 0 Å². The van der Waals surface area contributed by atoms with Crippen LogP contribution in [0.25, 0.3) is 21.5 Å². The lowest BCUT2D eigenvalue weighted by molar-refractivity contribution is 0.204. The summed E-state index contributed by atoms with van der Waals surface area (Å²) in [4.78, 5) is 0. The minimum Gasteiger partial charge on any atom is -0.507 e. The van der Waals surface area contributed by atoms with Gasteiger partial charge < -0.3 is 14.9 Å². The van der Waals surface area contributed by atoms with Crippen molar-refractivity contribution in [2.75, 3.05) is 13.2 Å². The Kier molecular flexibility index (Phi) is 2.97. The number of fused-ring (bicyclic) bond motifs is 2. The van der Waals surface area contributed by atoms with E-state index in [0.717, 1.165) is 21.5 Å². The second-order valence-corrected chi connectivity index (χ2v) is 4.34. The second kappa shape index (κ2) is 4.78. The minimum atomic E-state index is -0.0382. The number of phenols is 1. The van der Waals surface area contributed by atoms with E-state index in [9.17, 15) is 5.11 Å². The molecule has 3 rings (SSSR count). The Morgan fingerprint density at radius 3 is 1.74 bits per heavy atom. The summed E-state index contributed by atoms with van der Waals surface area (Å²) < 4.78 is 5.68. The van der Waals surface area contributed by atoms with Crippen LogP contribution in [-0.2, 0) is 0 Å². The summed E-state index contributed by atoms with van der Waals surface area (Å²) in [6, 6.07) is 15.1. The Labute approximate surface area is 110 Å². The van der Waals surface area contributed by atoms with E-state index in [4.69, 9.17) is 9.84 Å². The summed E-state index contributed by atoms with van der Waals surface area (Å²) in [5.74, 6) is 0.973. The number of hydrogen-bond acceptors (Lipinski definition) is 3. The lowest BCUT2D eigenvalue weighted by Crippen LogP contribution is -2.02. The van der Waals surface area contributed by atoms with Crippen LogP contribution in [0, 0.1) is 0 Å². The fourth-order valence-electron chi connectivity index (χ4n) is 2.37. The van der Waals surface area contributed by atoms with Crippen molar-refractivity contribution in [1.29, 1.82) is 0 Å². The summed E-state index contributed by atoms with van der Waals surface area (Å²) in [5, 5.41) is 22.5. The standard InChI is InChI=1S/C16H14O3/c17-9-10-19-16-13-7-3-1-5-11(13)15(18)12-6-2-4-8-14(12)16/h1-8,17-18H,9-10H2. The second-order valence-electron chi connectivity index (χ2n) is 4.34. The molecular weight excluding hydrogens is 240 g/mol. The zero-order valence-electron chi connectivity index (χ0n) is 10.3. The average Bonchev–Trinajstić information content (AvgIpc) is 2.47. The SMILES string of the molecule is OCCOc1c2ccccc2c(O)c2ccccc12. The third-order valence-electron chi connectivity index (χ3n) is 3.19. The maximum atomic E-state index is 10.4. The third-order valence-corrected chi connectivity index (χ3v) is 3.19. The van der Waals surface area contributed by atoms with Gasteiger partial charge in [-0.05, 0) is 0 Å². The molecule has 19 heavy (non-hydrogen) atoms. The van der Waals surface area contributed by atoms with Gasteiger partial charge in [0, 0.05) is 21.5 Å². The lowest BCUT2D eigenvalue weighted by atomic mass is 10.0. The van der Waals surface area contributed by atoms with Gasteiger partial charge in [0.25, 0.3) is 0 Å². The molecule has 0 amide bonds. The van der Waals surface area contributed by atoms with Gasteiger partial charge in [0.1, 0.15) is 18.1 Å². The molecule has 0 saturated heterocycles. The van der Waals surface area contributed by atoms with E-state index in [1.165, 1.54) is 0 Å². The fourth-order valence-corrected chi connectivity index (χ4v) is 2.37. The van der Waals surface area contributed by atoms with Crippen LogP contribution in [0.3, 0.4) is 0 Å². The average molecular weight is 254 g/mol. The summed E-state index contributed by atoms with van der Waals surface area (Å²) in [5.41, 5.74) is 0. The summed E-state index contributed by atoms with van der Waals surface area (Å²) in [6.45, 7) is 0.197. The molecule has 0 radical (unpaired) electrons. The number of hydrogen-bond donors (Lipinski definition) is 2. The quantitative estimate of drug-likeness (QED) is 0.706. The highest BCUT2D eigenvalue weighted by molar-refractivity contribution is 6.10. The normalized spacial score (nSPS) is 11.0. The van der Waals surface area contributed by atoms with Crippen molar-refractivity contribution in [2.24, 2.45) is 0 Å². The highest BCUT2D eigenvalue weighted by Crippen LogP contribution is 2.41. The summed E-state index contributed by atoms with van der Waals surface area (Å²) >= 11 is 0. The maximum absolute atomic E-state index is 10.4. The van der Waals surface area contributed by atoms with Gasteiger partial charge in [-0.3, -0.25) is 0 Å². The number of benzene rings is 3. The van der Waals surface area contributed by atoms with Gasteiger partial charge in [-0.1, -0.05) is 48.5 Å². The molecule has 3 nitrogen and oxygen atoms in total. The van der Waals surface area contributed by atoms with Crippen molar-refractivity contribution in [1.82, 2.24) is 0 Å². The monoisotopic (exact) mass is 254 g/mol. The predicted octanol–water partition coefficient (Wildman–Crippen LogP) is 3.07. The van der Waals surface area contributed by atoms with E-state index in [-0.39, 0.29) is 19.0 Å². The van der Waals surface area contributed by atoms with Crippen LogP contribution in [0.1, 0.15) is 0 Å². The van der Waals surface area contributed by atoms with Gasteiger partial charge in [0.05, 0.1) is 6.61 Å². The van der Waals surface area contributed by atoms with Gasteiger partial charge in [0.2, 0.25) is 0 Å². The van der Waals surface area contributed by atoms with Crippen LogP contribution < -0.4 is 4.74 Å². The first kappa shape index (κ1) is 11.8. The Balaban J connectivity index is 2.42. The molecule has 3 aromatic rings. The highest BCUT2D eigenvalue weighted by Gasteiger charge is 2.13. The molecule has 0 aliphatic rings. The van der Waals surface area contributed by atoms with Crippen LogP contribution >= 0.6 is 0 Å². The lowest BCUT2D eigenvalue weighted by Gasteiger charge is -2.14. The van der Waals surface area contributed by atoms with E-state index in [1.807, 2.05) is 48.5 Å². The van der Waals surface area contributed by atoms with Crippen LogP contribution in [-0.4, -0.2) is 23.4 Å². The Morgan fingerprint density at radius 2 is 1.26 bits per heavy atom. The Bertz CT molecular complexity index is 677. The molecule has 0 aliphatic carbocycles. The van der Waals surface area contributed by atoms with Crippen molar-refractivity contribution < 1.29 is 14.9 Å². The number of rotatable bonds is 3. The molecule has 0 spiro atoms. The van der Waals surface area contributed by atoms with Gasteiger partial charge in [-0.15, -0.1) is 0 Å². The van der Waals surface area contributed by atoms with E-state index >= 15 is 0 Å². The molecule has 0 fully saturated rings. The van der Waals surface area contributed by atoms with Gasteiger partial charge in [0.15, 0.2) is 0 Å². The van der Waals surface area contributed by atoms with Gasteiger partial charge >= 0.3 is 0 Å². The topological polar surface area (TPSA) is 49.7 Å². The molecule has 3 heteroatoms. The number of aromatic hydroxyl groups is 1. The molecule has 0 aromatic heterocycles. The first-order valence-corrected chi connectivity index (χ1v) is 6.19. The predicted molar refractivity (Wildman–Crippen MR) is 75.7 cm³/mol. The van der Waals surface area contributed by atoms with Crippen molar-refractivity contribution in [2.45, 2.75) is 0 Å². The highest BCUT2D eigenvalue weighted by atomic mass is 16.5. The van der Waals surface area contributed by atoms with Crippen molar-refractivity contribution in [3.8, 4) is 11.5 Å². The number of ether oxygens (including phenoxy) is 1. The Hall–Kier alpha value is -2.26.